The van der Waals surface area contributed by atoms with Crippen LogP contribution in [0.1, 0.15) is 5.56 Å². The van der Waals surface area contributed by atoms with Crippen molar-refractivity contribution < 1.29 is 4.79 Å². The number of aryl methyl sites for hydroxylation is 1. The molecule has 0 fully saturated rings. The highest BCUT2D eigenvalue weighted by atomic mass is 16.2. The number of carbonyl (C=O) groups excluding carboxylic acids is 1. The quantitative estimate of drug-likeness (QED) is 0.634. The molecule has 86 valence electrons. The summed E-state index contributed by atoms with van der Waals surface area (Å²) in [5.74, 6) is 2.34. The average molecular weight is 227 g/mol. The number of hydrogen-bond donors (Lipinski definition) is 1. The summed E-state index contributed by atoms with van der Waals surface area (Å²) in [7, 11) is 0. The number of nitriles is 1. The second-order valence-electron chi connectivity index (χ2n) is 3.51. The van der Waals surface area contributed by atoms with Gasteiger partial charge in [-0.2, -0.15) is 5.26 Å². The molecule has 17 heavy (non-hydrogen) atoms. The van der Waals surface area contributed by atoms with Crippen LogP contribution < -0.4 is 5.32 Å². The molecule has 2 amide bonds. The Morgan fingerprint density at radius 3 is 2.59 bits per heavy atom. The highest BCUT2D eigenvalue weighted by Gasteiger charge is 2.11. The molecule has 0 aliphatic heterocycles. The molecular formula is C13H13N3O. The van der Waals surface area contributed by atoms with E-state index in [4.69, 9.17) is 11.7 Å². The Kier molecular flexibility index (Phi) is 4.59. The number of anilines is 1. The normalized spacial score (nSPS) is 8.88. The molecule has 0 aliphatic rings. The number of nitrogens with one attached hydrogen (secondary N) is 1. The Morgan fingerprint density at radius 1 is 1.41 bits per heavy atom. The zero-order valence-corrected chi connectivity index (χ0v) is 9.60. The van der Waals surface area contributed by atoms with Gasteiger partial charge in [0.1, 0.15) is 6.54 Å². The van der Waals surface area contributed by atoms with E-state index in [1.807, 2.05) is 25.1 Å². The summed E-state index contributed by atoms with van der Waals surface area (Å²) in [6.07, 6.45) is 5.13. The predicted molar refractivity (Wildman–Crippen MR) is 66.2 cm³/mol. The van der Waals surface area contributed by atoms with Gasteiger partial charge in [-0.25, -0.2) is 4.79 Å². The van der Waals surface area contributed by atoms with Crippen LogP contribution in [-0.2, 0) is 0 Å². The SMILES string of the molecule is C#CCN(CC#N)C(=O)Nc1ccc(C)cc1. The van der Waals surface area contributed by atoms with E-state index in [9.17, 15) is 4.79 Å². The molecular weight excluding hydrogens is 214 g/mol. The Morgan fingerprint density at radius 2 is 2.06 bits per heavy atom. The molecule has 1 aromatic carbocycles. The number of carbonyl (C=O) groups is 1. The van der Waals surface area contributed by atoms with Gasteiger partial charge < -0.3 is 10.2 Å². The van der Waals surface area contributed by atoms with Crippen molar-refractivity contribution in [2.24, 2.45) is 0 Å². The Balaban J connectivity index is 2.67. The molecule has 0 aliphatic carbocycles. The fourth-order valence-electron chi connectivity index (χ4n) is 1.23. The lowest BCUT2D eigenvalue weighted by molar-refractivity contribution is 0.223. The van der Waals surface area contributed by atoms with E-state index >= 15 is 0 Å². The van der Waals surface area contributed by atoms with Crippen molar-refractivity contribution in [3.8, 4) is 18.4 Å². The molecule has 0 heterocycles. The lowest BCUT2D eigenvalue weighted by Gasteiger charge is -2.17. The molecule has 0 unspecified atom stereocenters. The largest absolute Gasteiger partial charge is 0.323 e. The van der Waals surface area contributed by atoms with Gasteiger partial charge in [-0.05, 0) is 19.1 Å². The molecule has 0 aromatic heterocycles. The van der Waals surface area contributed by atoms with E-state index in [0.717, 1.165) is 5.56 Å². The maximum Gasteiger partial charge on any atom is 0.323 e. The fraction of sp³-hybridized carbons (Fsp3) is 0.231. The summed E-state index contributed by atoms with van der Waals surface area (Å²) in [5, 5.41) is 11.3. The van der Waals surface area contributed by atoms with Gasteiger partial charge in [-0.3, -0.25) is 0 Å². The van der Waals surface area contributed by atoms with Gasteiger partial charge in [0.2, 0.25) is 0 Å². The third-order valence-corrected chi connectivity index (χ3v) is 2.13. The molecule has 4 nitrogen and oxygen atoms in total. The van der Waals surface area contributed by atoms with Crippen LogP contribution in [0.15, 0.2) is 24.3 Å². The highest BCUT2D eigenvalue weighted by molar-refractivity contribution is 5.89. The first kappa shape index (κ1) is 12.6. The predicted octanol–water partition coefficient (Wildman–Crippen LogP) is 1.99. The van der Waals surface area contributed by atoms with Crippen molar-refractivity contribution in [2.75, 3.05) is 18.4 Å². The minimum absolute atomic E-state index is 0.0259. The number of amides is 2. The van der Waals surface area contributed by atoms with Gasteiger partial charge in [0.25, 0.3) is 0 Å². The summed E-state index contributed by atoms with van der Waals surface area (Å²) >= 11 is 0. The van der Waals surface area contributed by atoms with E-state index in [-0.39, 0.29) is 19.1 Å². The molecule has 0 saturated heterocycles. The Bertz CT molecular complexity index is 449. The van der Waals surface area contributed by atoms with Crippen molar-refractivity contribution in [1.29, 1.82) is 5.26 Å². The van der Waals surface area contributed by atoms with Gasteiger partial charge in [0.05, 0.1) is 12.6 Å². The summed E-state index contributed by atoms with van der Waals surface area (Å²) < 4.78 is 0. The first-order valence-electron chi connectivity index (χ1n) is 5.10. The third-order valence-electron chi connectivity index (χ3n) is 2.13. The molecule has 0 atom stereocenters. The zero-order chi connectivity index (χ0) is 12.7. The summed E-state index contributed by atoms with van der Waals surface area (Å²) in [6, 6.07) is 8.92. The van der Waals surface area contributed by atoms with Crippen molar-refractivity contribution in [2.45, 2.75) is 6.92 Å². The second-order valence-corrected chi connectivity index (χ2v) is 3.51. The fourth-order valence-corrected chi connectivity index (χ4v) is 1.23. The summed E-state index contributed by atoms with van der Waals surface area (Å²) in [6.45, 7) is 2.05. The van der Waals surface area contributed by atoms with E-state index < -0.39 is 0 Å². The number of terminal acetylenes is 1. The summed E-state index contributed by atoms with van der Waals surface area (Å²) in [5.41, 5.74) is 1.79. The maximum atomic E-state index is 11.7. The second kappa shape index (κ2) is 6.19. The lowest BCUT2D eigenvalue weighted by Crippen LogP contribution is -2.35. The molecule has 0 radical (unpaired) electrons. The van der Waals surface area contributed by atoms with Crippen molar-refractivity contribution in [3.05, 3.63) is 29.8 Å². The van der Waals surface area contributed by atoms with Gasteiger partial charge in [-0.1, -0.05) is 23.6 Å². The maximum absolute atomic E-state index is 11.7. The van der Waals surface area contributed by atoms with Gasteiger partial charge in [0, 0.05) is 5.69 Å². The number of benzene rings is 1. The molecule has 1 rings (SSSR count). The third kappa shape index (κ3) is 3.89. The Hall–Kier alpha value is -2.46. The minimum Gasteiger partial charge on any atom is -0.308 e. The van der Waals surface area contributed by atoms with Crippen LogP contribution in [-0.4, -0.2) is 24.0 Å². The van der Waals surface area contributed by atoms with E-state index in [1.165, 1.54) is 4.90 Å². The molecule has 4 heteroatoms. The topological polar surface area (TPSA) is 56.1 Å². The van der Waals surface area contributed by atoms with Crippen molar-refractivity contribution in [1.82, 2.24) is 4.90 Å². The van der Waals surface area contributed by atoms with Crippen LogP contribution in [0.4, 0.5) is 10.5 Å². The molecule has 1 N–H and O–H groups in total. The van der Waals surface area contributed by atoms with Gasteiger partial charge in [0.15, 0.2) is 0 Å². The van der Waals surface area contributed by atoms with Crippen molar-refractivity contribution >= 4 is 11.7 Å². The van der Waals surface area contributed by atoms with Gasteiger partial charge >= 0.3 is 6.03 Å². The Labute approximate surface area is 101 Å². The smallest absolute Gasteiger partial charge is 0.308 e. The minimum atomic E-state index is -0.367. The monoisotopic (exact) mass is 227 g/mol. The van der Waals surface area contributed by atoms with E-state index in [1.54, 1.807) is 12.1 Å². The molecule has 0 bridgehead atoms. The van der Waals surface area contributed by atoms with Crippen LogP contribution in [0.2, 0.25) is 0 Å². The summed E-state index contributed by atoms with van der Waals surface area (Å²) in [4.78, 5) is 13.0. The van der Waals surface area contributed by atoms with E-state index in [2.05, 4.69) is 11.2 Å². The first-order chi connectivity index (χ1) is 8.17. The number of hydrogen-bond acceptors (Lipinski definition) is 2. The average Bonchev–Trinajstić information content (AvgIpc) is 2.32. The number of nitrogens with zero attached hydrogens (tertiary/aromatic N) is 2. The van der Waals surface area contributed by atoms with Crippen LogP contribution in [0.5, 0.6) is 0 Å². The molecule has 1 aromatic rings. The van der Waals surface area contributed by atoms with Crippen LogP contribution in [0.3, 0.4) is 0 Å². The molecule has 0 spiro atoms. The number of urea groups is 1. The van der Waals surface area contributed by atoms with E-state index in [0.29, 0.717) is 5.69 Å². The molecule has 0 saturated carbocycles. The standard InChI is InChI=1S/C13H13N3O/c1-3-9-16(10-8-14)13(17)15-12-6-4-11(2)5-7-12/h1,4-7H,9-10H2,2H3,(H,15,17). The number of rotatable bonds is 3. The highest BCUT2D eigenvalue weighted by Crippen LogP contribution is 2.09. The first-order valence-corrected chi connectivity index (χ1v) is 5.10. The van der Waals surface area contributed by atoms with Crippen molar-refractivity contribution in [3.63, 3.8) is 0 Å². The van der Waals surface area contributed by atoms with Crippen LogP contribution >= 0.6 is 0 Å². The van der Waals surface area contributed by atoms with Crippen LogP contribution in [0, 0.1) is 30.6 Å². The lowest BCUT2D eigenvalue weighted by atomic mass is 10.2. The zero-order valence-electron chi connectivity index (χ0n) is 9.60. The van der Waals surface area contributed by atoms with Gasteiger partial charge in [-0.15, -0.1) is 6.42 Å². The van der Waals surface area contributed by atoms with Crippen LogP contribution in [0.25, 0.3) is 0 Å².